The lowest BCUT2D eigenvalue weighted by molar-refractivity contribution is 0.172. The van der Waals surface area contributed by atoms with Crippen LogP contribution >= 0.6 is 0 Å². The van der Waals surface area contributed by atoms with Gasteiger partial charge in [0.15, 0.2) is 0 Å². The zero-order valence-electron chi connectivity index (χ0n) is 6.13. The van der Waals surface area contributed by atoms with Gasteiger partial charge in [0, 0.05) is 19.6 Å². The van der Waals surface area contributed by atoms with Gasteiger partial charge in [0.05, 0.1) is 6.61 Å². The Balaban J connectivity index is 3.41. The summed E-state index contributed by atoms with van der Waals surface area (Å²) >= 11 is 0. The highest BCUT2D eigenvalue weighted by Gasteiger charge is 1.97. The Morgan fingerprint density at radius 1 is 1.67 bits per heavy atom. The van der Waals surface area contributed by atoms with Crippen LogP contribution in [0.1, 0.15) is 6.92 Å². The molecule has 0 aromatic carbocycles. The van der Waals surface area contributed by atoms with Crippen molar-refractivity contribution in [2.45, 2.75) is 6.92 Å². The van der Waals surface area contributed by atoms with Crippen molar-refractivity contribution in [1.82, 2.24) is 0 Å². The summed E-state index contributed by atoms with van der Waals surface area (Å²) in [5, 5.41) is 0. The molecule has 0 aliphatic carbocycles. The first-order valence-electron chi connectivity index (χ1n) is 3.17. The van der Waals surface area contributed by atoms with Gasteiger partial charge < -0.3 is 10.5 Å². The number of hydrogen-bond acceptors (Lipinski definition) is 2. The molecule has 2 heteroatoms. The summed E-state index contributed by atoms with van der Waals surface area (Å²) < 4.78 is 4.92. The molecule has 2 N–H and O–H groups in total. The van der Waals surface area contributed by atoms with E-state index in [0.29, 0.717) is 12.5 Å². The predicted octanol–water partition coefficient (Wildman–Crippen LogP) is 0.784. The Labute approximate surface area is 56.7 Å². The van der Waals surface area contributed by atoms with Crippen LogP contribution < -0.4 is 5.73 Å². The van der Waals surface area contributed by atoms with E-state index in [-0.39, 0.29) is 0 Å². The minimum Gasteiger partial charge on any atom is -0.384 e. The molecule has 1 unspecified atom stereocenters. The van der Waals surface area contributed by atoms with E-state index in [1.807, 2.05) is 13.0 Å². The molecule has 54 valence electrons. The number of hydrogen-bond donors (Lipinski definition) is 1. The topological polar surface area (TPSA) is 35.2 Å². The van der Waals surface area contributed by atoms with Crippen LogP contribution in [-0.2, 0) is 4.74 Å². The van der Waals surface area contributed by atoms with Gasteiger partial charge in [-0.1, -0.05) is 12.2 Å². The van der Waals surface area contributed by atoms with Crippen LogP contribution in [0.15, 0.2) is 12.2 Å². The highest BCUT2D eigenvalue weighted by atomic mass is 16.5. The van der Waals surface area contributed by atoms with Crippen molar-refractivity contribution in [3.05, 3.63) is 12.2 Å². The minimum atomic E-state index is 0.389. The van der Waals surface area contributed by atoms with E-state index < -0.39 is 0 Å². The quantitative estimate of drug-likeness (QED) is 0.569. The number of methoxy groups -OCH3 is 1. The molecule has 2 nitrogen and oxygen atoms in total. The highest BCUT2D eigenvalue weighted by molar-refractivity contribution is 4.85. The van der Waals surface area contributed by atoms with Crippen LogP contribution in [0, 0.1) is 5.92 Å². The molecular weight excluding hydrogens is 114 g/mol. The van der Waals surface area contributed by atoms with Crippen molar-refractivity contribution in [3.63, 3.8) is 0 Å². The number of nitrogens with two attached hydrogens (primary N) is 1. The van der Waals surface area contributed by atoms with Crippen LogP contribution in [0.3, 0.4) is 0 Å². The molecule has 0 saturated heterocycles. The minimum absolute atomic E-state index is 0.389. The van der Waals surface area contributed by atoms with Crippen molar-refractivity contribution >= 4 is 0 Å². The molecule has 0 aliphatic rings. The Bertz CT molecular complexity index is 81.0. The lowest BCUT2D eigenvalue weighted by Gasteiger charge is -2.06. The Hall–Kier alpha value is -0.340. The maximum Gasteiger partial charge on any atom is 0.0537 e. The number of ether oxygens (including phenoxy) is 1. The van der Waals surface area contributed by atoms with Gasteiger partial charge in [0.1, 0.15) is 0 Å². The SMILES string of the molecule is C/C=C\C(CN)COC. The van der Waals surface area contributed by atoms with Crippen LogP contribution in [0.2, 0.25) is 0 Å². The second-order valence-corrected chi connectivity index (χ2v) is 1.98. The Kier molecular flexibility index (Phi) is 5.57. The lowest BCUT2D eigenvalue weighted by atomic mass is 10.1. The van der Waals surface area contributed by atoms with E-state index in [1.165, 1.54) is 0 Å². The molecule has 0 aromatic heterocycles. The van der Waals surface area contributed by atoms with Crippen molar-refractivity contribution in [1.29, 1.82) is 0 Å². The fraction of sp³-hybridized carbons (Fsp3) is 0.714. The normalized spacial score (nSPS) is 14.6. The molecule has 0 bridgehead atoms. The van der Waals surface area contributed by atoms with E-state index in [0.717, 1.165) is 6.61 Å². The smallest absolute Gasteiger partial charge is 0.0537 e. The molecule has 0 heterocycles. The maximum atomic E-state index is 5.41. The van der Waals surface area contributed by atoms with Crippen LogP contribution in [-0.4, -0.2) is 20.3 Å². The first kappa shape index (κ1) is 8.66. The van der Waals surface area contributed by atoms with Gasteiger partial charge in [0.2, 0.25) is 0 Å². The van der Waals surface area contributed by atoms with Crippen molar-refractivity contribution in [2.24, 2.45) is 11.7 Å². The third kappa shape index (κ3) is 4.18. The van der Waals surface area contributed by atoms with Gasteiger partial charge >= 0.3 is 0 Å². The summed E-state index contributed by atoms with van der Waals surface area (Å²) in [4.78, 5) is 0. The molecule has 0 spiro atoms. The van der Waals surface area contributed by atoms with Crippen LogP contribution in [0.25, 0.3) is 0 Å². The van der Waals surface area contributed by atoms with Gasteiger partial charge in [-0.3, -0.25) is 0 Å². The first-order valence-corrected chi connectivity index (χ1v) is 3.17. The average Bonchev–Trinajstić information content (AvgIpc) is 1.88. The van der Waals surface area contributed by atoms with Gasteiger partial charge in [0.25, 0.3) is 0 Å². The lowest BCUT2D eigenvalue weighted by Crippen LogP contribution is -2.16. The second-order valence-electron chi connectivity index (χ2n) is 1.98. The van der Waals surface area contributed by atoms with Crippen LogP contribution in [0.4, 0.5) is 0 Å². The van der Waals surface area contributed by atoms with Gasteiger partial charge in [-0.2, -0.15) is 0 Å². The summed E-state index contributed by atoms with van der Waals surface area (Å²) in [5.41, 5.74) is 5.41. The van der Waals surface area contributed by atoms with E-state index >= 15 is 0 Å². The second kappa shape index (κ2) is 5.79. The number of allylic oxidation sites excluding steroid dienone is 1. The summed E-state index contributed by atoms with van der Waals surface area (Å²) in [6.07, 6.45) is 4.06. The van der Waals surface area contributed by atoms with Gasteiger partial charge in [-0.15, -0.1) is 0 Å². The van der Waals surface area contributed by atoms with Crippen molar-refractivity contribution in [3.8, 4) is 0 Å². The summed E-state index contributed by atoms with van der Waals surface area (Å²) in [6, 6.07) is 0. The summed E-state index contributed by atoms with van der Waals surface area (Å²) in [7, 11) is 1.69. The molecular formula is C7H15NO. The number of rotatable bonds is 4. The third-order valence-corrected chi connectivity index (χ3v) is 1.15. The van der Waals surface area contributed by atoms with Crippen molar-refractivity contribution < 1.29 is 4.74 Å². The molecule has 9 heavy (non-hydrogen) atoms. The molecule has 0 rings (SSSR count). The van der Waals surface area contributed by atoms with E-state index in [2.05, 4.69) is 6.08 Å². The van der Waals surface area contributed by atoms with Gasteiger partial charge in [-0.05, 0) is 6.92 Å². The fourth-order valence-electron chi connectivity index (χ4n) is 0.688. The molecule has 0 saturated carbocycles. The summed E-state index contributed by atoms with van der Waals surface area (Å²) in [5.74, 6) is 0.389. The zero-order valence-corrected chi connectivity index (χ0v) is 6.13. The predicted molar refractivity (Wildman–Crippen MR) is 39.2 cm³/mol. The van der Waals surface area contributed by atoms with Gasteiger partial charge in [-0.25, -0.2) is 0 Å². The molecule has 0 aromatic rings. The highest BCUT2D eigenvalue weighted by Crippen LogP contribution is 1.95. The Morgan fingerprint density at radius 3 is 2.67 bits per heavy atom. The fourth-order valence-corrected chi connectivity index (χ4v) is 0.688. The molecule has 1 atom stereocenters. The monoisotopic (exact) mass is 129 g/mol. The maximum absolute atomic E-state index is 5.41. The van der Waals surface area contributed by atoms with Crippen LogP contribution in [0.5, 0.6) is 0 Å². The molecule has 0 aliphatic heterocycles. The van der Waals surface area contributed by atoms with Crippen molar-refractivity contribution in [2.75, 3.05) is 20.3 Å². The third-order valence-electron chi connectivity index (χ3n) is 1.15. The molecule has 0 radical (unpaired) electrons. The average molecular weight is 129 g/mol. The standard InChI is InChI=1S/C7H15NO/c1-3-4-7(5-8)6-9-2/h3-4,7H,5-6,8H2,1-2H3/b4-3-. The molecule has 0 fully saturated rings. The first-order chi connectivity index (χ1) is 4.35. The van der Waals surface area contributed by atoms with E-state index in [9.17, 15) is 0 Å². The molecule has 0 amide bonds. The zero-order chi connectivity index (χ0) is 7.11. The largest absolute Gasteiger partial charge is 0.384 e. The van der Waals surface area contributed by atoms with E-state index in [4.69, 9.17) is 10.5 Å². The Morgan fingerprint density at radius 2 is 2.33 bits per heavy atom. The van der Waals surface area contributed by atoms with E-state index in [1.54, 1.807) is 7.11 Å². The summed E-state index contributed by atoms with van der Waals surface area (Å²) in [6.45, 7) is 3.37.